The van der Waals surface area contributed by atoms with Gasteiger partial charge in [0, 0.05) is 22.1 Å². The normalized spacial score (nSPS) is 31.8. The topological polar surface area (TPSA) is 55.1 Å². The van der Waals surface area contributed by atoms with Gasteiger partial charge in [-0.15, -0.1) is 0 Å². The molecule has 1 amide bonds. The van der Waals surface area contributed by atoms with Gasteiger partial charge in [0.2, 0.25) is 0 Å². The smallest absolute Gasteiger partial charge is 0.251 e. The maximum Gasteiger partial charge on any atom is 0.251 e. The van der Waals surface area contributed by atoms with Crippen LogP contribution < -0.4 is 11.1 Å². The molecule has 2 aliphatic rings. The van der Waals surface area contributed by atoms with Crippen LogP contribution in [0.5, 0.6) is 0 Å². The van der Waals surface area contributed by atoms with Gasteiger partial charge in [0.05, 0.1) is 0 Å². The molecule has 2 unspecified atom stereocenters. The summed E-state index contributed by atoms with van der Waals surface area (Å²) in [5, 5.41) is 3.13. The van der Waals surface area contributed by atoms with E-state index in [0.29, 0.717) is 21.9 Å². The van der Waals surface area contributed by atoms with Gasteiger partial charge in [-0.1, -0.05) is 22.4 Å². The maximum atomic E-state index is 13.4. The van der Waals surface area contributed by atoms with E-state index in [0.717, 1.165) is 25.7 Å². The van der Waals surface area contributed by atoms with Gasteiger partial charge in [0.15, 0.2) is 0 Å². The number of carbonyl (C=O) groups excluding carboxylic acids is 1. The Morgan fingerprint density at radius 1 is 1.24 bits per heavy atom. The Morgan fingerprint density at radius 3 is 2.52 bits per heavy atom. The van der Waals surface area contributed by atoms with Crippen LogP contribution in [-0.2, 0) is 0 Å². The molecule has 0 radical (unpaired) electrons. The number of amides is 1. The lowest BCUT2D eigenvalue weighted by Gasteiger charge is -2.45. The Balaban J connectivity index is 1.75. The van der Waals surface area contributed by atoms with E-state index < -0.39 is 5.82 Å². The first-order chi connectivity index (χ1) is 10.0. The highest BCUT2D eigenvalue weighted by molar-refractivity contribution is 9.10. The van der Waals surface area contributed by atoms with Crippen LogP contribution >= 0.6 is 15.9 Å². The molecule has 2 saturated carbocycles. The fourth-order valence-electron chi connectivity index (χ4n) is 3.94. The summed E-state index contributed by atoms with van der Waals surface area (Å²) in [5.74, 6) is 0.342. The number of halogens is 2. The second-order valence-corrected chi connectivity index (χ2v) is 7.26. The summed E-state index contributed by atoms with van der Waals surface area (Å²) in [6, 6.07) is 4.74. The van der Waals surface area contributed by atoms with E-state index in [2.05, 4.69) is 21.2 Å². The molecule has 2 bridgehead atoms. The van der Waals surface area contributed by atoms with Gasteiger partial charge < -0.3 is 11.1 Å². The summed E-state index contributed by atoms with van der Waals surface area (Å²) < 4.78 is 14.0. The lowest BCUT2D eigenvalue weighted by atomic mass is 9.67. The molecule has 0 aliphatic heterocycles. The van der Waals surface area contributed by atoms with Crippen LogP contribution in [0.2, 0.25) is 0 Å². The molecule has 0 saturated heterocycles. The van der Waals surface area contributed by atoms with Crippen molar-refractivity contribution in [1.82, 2.24) is 5.32 Å². The largest absolute Gasteiger partial charge is 0.349 e. The number of carbonyl (C=O) groups is 1. The van der Waals surface area contributed by atoms with Crippen molar-refractivity contribution in [3.8, 4) is 0 Å². The Hall–Kier alpha value is -0.940. The third kappa shape index (κ3) is 3.29. The molecule has 3 N–H and O–H groups in total. The molecule has 2 fully saturated rings. The van der Waals surface area contributed by atoms with Crippen LogP contribution in [0.4, 0.5) is 4.39 Å². The average molecular weight is 355 g/mol. The summed E-state index contributed by atoms with van der Waals surface area (Å²) in [4.78, 5) is 12.4. The molecule has 3 rings (SSSR count). The SMILES string of the molecule is NC1CC2CCCC(C1)C2NC(=O)c1cc(F)cc(Br)c1. The van der Waals surface area contributed by atoms with Crippen LogP contribution in [0.15, 0.2) is 22.7 Å². The van der Waals surface area contributed by atoms with E-state index in [1.165, 1.54) is 18.6 Å². The van der Waals surface area contributed by atoms with Crippen LogP contribution in [0.3, 0.4) is 0 Å². The lowest BCUT2D eigenvalue weighted by molar-refractivity contribution is 0.0755. The minimum Gasteiger partial charge on any atom is -0.349 e. The molecule has 21 heavy (non-hydrogen) atoms. The Morgan fingerprint density at radius 2 is 1.90 bits per heavy atom. The van der Waals surface area contributed by atoms with Crippen molar-refractivity contribution < 1.29 is 9.18 Å². The van der Waals surface area contributed by atoms with E-state index in [9.17, 15) is 9.18 Å². The molecule has 1 aromatic rings. The average Bonchev–Trinajstić information content (AvgIpc) is 2.38. The van der Waals surface area contributed by atoms with Gasteiger partial charge in [-0.05, 0) is 55.7 Å². The number of nitrogens with one attached hydrogen (secondary N) is 1. The van der Waals surface area contributed by atoms with Gasteiger partial charge in [-0.25, -0.2) is 4.39 Å². The van der Waals surface area contributed by atoms with E-state index in [4.69, 9.17) is 5.73 Å². The first kappa shape index (κ1) is 15.0. The number of hydrogen-bond acceptors (Lipinski definition) is 2. The third-order valence-electron chi connectivity index (χ3n) is 4.80. The van der Waals surface area contributed by atoms with Crippen LogP contribution in [0.25, 0.3) is 0 Å². The highest BCUT2D eigenvalue weighted by Gasteiger charge is 2.39. The molecule has 2 atom stereocenters. The maximum absolute atomic E-state index is 13.4. The van der Waals surface area contributed by atoms with Crippen molar-refractivity contribution in [2.45, 2.75) is 44.2 Å². The number of benzene rings is 1. The number of hydrogen-bond donors (Lipinski definition) is 2. The molecule has 5 heteroatoms. The van der Waals surface area contributed by atoms with Crippen molar-refractivity contribution in [3.05, 3.63) is 34.1 Å². The monoisotopic (exact) mass is 354 g/mol. The predicted molar refractivity (Wildman–Crippen MR) is 83.4 cm³/mol. The van der Waals surface area contributed by atoms with Crippen molar-refractivity contribution in [2.24, 2.45) is 17.6 Å². The Bertz CT molecular complexity index is 517. The molecule has 2 aliphatic carbocycles. The number of nitrogens with two attached hydrogens (primary N) is 1. The zero-order valence-corrected chi connectivity index (χ0v) is 13.4. The second-order valence-electron chi connectivity index (χ2n) is 6.34. The highest BCUT2D eigenvalue weighted by atomic mass is 79.9. The first-order valence-electron chi connectivity index (χ1n) is 7.55. The molecule has 114 valence electrons. The van der Waals surface area contributed by atoms with Gasteiger partial charge in [0.25, 0.3) is 5.91 Å². The summed E-state index contributed by atoms with van der Waals surface area (Å²) >= 11 is 3.23. The fraction of sp³-hybridized carbons (Fsp3) is 0.562. The first-order valence-corrected chi connectivity index (χ1v) is 8.35. The van der Waals surface area contributed by atoms with E-state index in [1.807, 2.05) is 0 Å². The summed E-state index contributed by atoms with van der Waals surface area (Å²) in [6.45, 7) is 0. The van der Waals surface area contributed by atoms with Gasteiger partial charge in [-0.2, -0.15) is 0 Å². The second kappa shape index (κ2) is 6.05. The summed E-state index contributed by atoms with van der Waals surface area (Å²) in [6.07, 6.45) is 5.44. The van der Waals surface area contributed by atoms with E-state index in [1.54, 1.807) is 6.07 Å². The van der Waals surface area contributed by atoms with Crippen molar-refractivity contribution in [3.63, 3.8) is 0 Å². The zero-order chi connectivity index (χ0) is 15.0. The molecular weight excluding hydrogens is 335 g/mol. The van der Waals surface area contributed by atoms with Gasteiger partial charge >= 0.3 is 0 Å². The zero-order valence-electron chi connectivity index (χ0n) is 11.8. The summed E-state index contributed by atoms with van der Waals surface area (Å²) in [5.41, 5.74) is 6.47. The van der Waals surface area contributed by atoms with Gasteiger partial charge in [-0.3, -0.25) is 4.79 Å². The lowest BCUT2D eigenvalue weighted by Crippen LogP contribution is -2.53. The Labute approximate surface area is 132 Å². The van der Waals surface area contributed by atoms with Crippen LogP contribution in [0.1, 0.15) is 42.5 Å². The predicted octanol–water partition coefficient (Wildman–Crippen LogP) is 3.22. The molecule has 3 nitrogen and oxygen atoms in total. The summed E-state index contributed by atoms with van der Waals surface area (Å²) in [7, 11) is 0. The number of fused-ring (bicyclic) bond motifs is 2. The third-order valence-corrected chi connectivity index (χ3v) is 5.26. The molecular formula is C16H20BrFN2O. The van der Waals surface area contributed by atoms with Crippen molar-refractivity contribution in [1.29, 1.82) is 0 Å². The standard InChI is InChI=1S/C16H20BrFN2O/c17-12-4-11(5-13(18)8-12)16(21)20-15-9-2-1-3-10(15)7-14(19)6-9/h4-5,8-10,14-15H,1-3,6-7,19H2,(H,20,21). The van der Waals surface area contributed by atoms with E-state index >= 15 is 0 Å². The van der Waals surface area contributed by atoms with Crippen molar-refractivity contribution in [2.75, 3.05) is 0 Å². The fourth-order valence-corrected chi connectivity index (χ4v) is 4.41. The minimum atomic E-state index is -0.402. The Kier molecular flexibility index (Phi) is 4.31. The van der Waals surface area contributed by atoms with Crippen LogP contribution in [0, 0.1) is 17.7 Å². The van der Waals surface area contributed by atoms with Gasteiger partial charge in [0.1, 0.15) is 5.82 Å². The molecule has 0 aromatic heterocycles. The van der Waals surface area contributed by atoms with Crippen molar-refractivity contribution >= 4 is 21.8 Å². The minimum absolute atomic E-state index is 0.187. The quantitative estimate of drug-likeness (QED) is 0.856. The number of rotatable bonds is 2. The highest BCUT2D eigenvalue weighted by Crippen LogP contribution is 2.39. The molecule has 0 spiro atoms. The molecule has 0 heterocycles. The molecule has 1 aromatic carbocycles. The van der Waals surface area contributed by atoms with E-state index in [-0.39, 0.29) is 18.0 Å². The van der Waals surface area contributed by atoms with Crippen LogP contribution in [-0.4, -0.2) is 18.0 Å².